The number of benzene rings is 2. The van der Waals surface area contributed by atoms with E-state index >= 15 is 0 Å². The molecule has 2 aromatic carbocycles. The summed E-state index contributed by atoms with van der Waals surface area (Å²) in [5.41, 5.74) is 3.23. The summed E-state index contributed by atoms with van der Waals surface area (Å²) in [5.74, 6) is -0.0102. The molecule has 5 heteroatoms. The lowest BCUT2D eigenvalue weighted by Crippen LogP contribution is -2.49. The quantitative estimate of drug-likeness (QED) is 0.865. The number of amides is 1. The number of nitrogens with zero attached hydrogens (tertiary/aromatic N) is 4. The van der Waals surface area contributed by atoms with E-state index in [0.29, 0.717) is 12.4 Å². The van der Waals surface area contributed by atoms with Gasteiger partial charge in [0.1, 0.15) is 5.71 Å². The minimum atomic E-state index is -0.0102. The van der Waals surface area contributed by atoms with Crippen molar-refractivity contribution in [1.29, 1.82) is 0 Å². The zero-order valence-electron chi connectivity index (χ0n) is 14.4. The largest absolute Gasteiger partial charge is 0.304 e. The number of rotatable bonds is 3. The Morgan fingerprint density at radius 2 is 1.60 bits per heavy atom. The van der Waals surface area contributed by atoms with E-state index in [1.165, 1.54) is 0 Å². The van der Waals surface area contributed by atoms with Gasteiger partial charge in [0, 0.05) is 31.7 Å². The zero-order valence-corrected chi connectivity index (χ0v) is 14.4. The lowest BCUT2D eigenvalue weighted by Gasteiger charge is -2.34. The molecule has 25 heavy (non-hydrogen) atoms. The molecule has 0 unspecified atom stereocenters. The first-order chi connectivity index (χ1) is 12.2. The number of likely N-dealkylation sites (N-methyl/N-ethyl adjacent to an activating group) is 1. The average molecular weight is 334 g/mol. The maximum absolute atomic E-state index is 13.1. The van der Waals surface area contributed by atoms with Crippen molar-refractivity contribution < 1.29 is 4.79 Å². The second-order valence-corrected chi connectivity index (χ2v) is 6.61. The van der Waals surface area contributed by atoms with Crippen LogP contribution in [0.15, 0.2) is 59.6 Å². The number of hydrogen-bond donors (Lipinski definition) is 0. The van der Waals surface area contributed by atoms with Crippen LogP contribution in [-0.2, 0) is 4.79 Å². The van der Waals surface area contributed by atoms with Gasteiger partial charge in [0.15, 0.2) is 0 Å². The number of carbonyl (C=O) groups is 1. The summed E-state index contributed by atoms with van der Waals surface area (Å²) in [4.78, 5) is 24.2. The summed E-state index contributed by atoms with van der Waals surface area (Å²) in [6.07, 6.45) is 0. The van der Waals surface area contributed by atoms with Crippen molar-refractivity contribution in [1.82, 2.24) is 9.80 Å². The number of fused-ring (bicyclic) bond motifs is 1. The maximum atomic E-state index is 13.1. The summed E-state index contributed by atoms with van der Waals surface area (Å²) in [5, 5.41) is 0. The van der Waals surface area contributed by atoms with Gasteiger partial charge in [-0.25, -0.2) is 4.99 Å². The number of piperazine rings is 1. The highest BCUT2D eigenvalue weighted by Crippen LogP contribution is 2.31. The van der Waals surface area contributed by atoms with Gasteiger partial charge in [0.05, 0.1) is 18.0 Å². The smallest absolute Gasteiger partial charge is 0.278 e. The molecule has 0 aliphatic carbocycles. The van der Waals surface area contributed by atoms with Gasteiger partial charge in [-0.15, -0.1) is 0 Å². The molecule has 2 aromatic rings. The molecule has 0 saturated carbocycles. The molecule has 0 spiro atoms. The molecule has 0 bridgehead atoms. The Morgan fingerprint density at radius 3 is 2.36 bits per heavy atom. The van der Waals surface area contributed by atoms with E-state index < -0.39 is 0 Å². The van der Waals surface area contributed by atoms with Crippen LogP contribution in [0.4, 0.5) is 11.4 Å². The molecule has 1 saturated heterocycles. The van der Waals surface area contributed by atoms with Crippen molar-refractivity contribution in [3.8, 4) is 0 Å². The molecule has 1 fully saturated rings. The van der Waals surface area contributed by atoms with E-state index in [0.717, 1.165) is 43.1 Å². The van der Waals surface area contributed by atoms with Gasteiger partial charge in [-0.1, -0.05) is 36.4 Å². The van der Waals surface area contributed by atoms with Crippen molar-refractivity contribution in [2.75, 3.05) is 44.8 Å². The van der Waals surface area contributed by atoms with Gasteiger partial charge < -0.3 is 4.90 Å². The minimum absolute atomic E-state index is 0.0102. The molecule has 1 amide bonds. The van der Waals surface area contributed by atoms with Crippen LogP contribution in [-0.4, -0.2) is 61.3 Å². The summed E-state index contributed by atoms with van der Waals surface area (Å²) in [6, 6.07) is 17.6. The Kier molecular flexibility index (Phi) is 4.34. The molecule has 0 radical (unpaired) electrons. The normalized spacial score (nSPS) is 20.3. The second-order valence-electron chi connectivity index (χ2n) is 6.61. The Labute approximate surface area is 148 Å². The molecular formula is C20H22N4O. The first kappa shape index (κ1) is 16.0. The van der Waals surface area contributed by atoms with Crippen LogP contribution in [0, 0.1) is 0 Å². The predicted molar refractivity (Wildman–Crippen MR) is 101 cm³/mol. The minimum Gasteiger partial charge on any atom is -0.304 e. The average Bonchev–Trinajstić information content (AvgIpc) is 2.90. The van der Waals surface area contributed by atoms with Crippen molar-refractivity contribution >= 4 is 23.0 Å². The highest BCUT2D eigenvalue weighted by atomic mass is 16.2. The predicted octanol–water partition coefficient (Wildman–Crippen LogP) is 2.36. The van der Waals surface area contributed by atoms with Gasteiger partial charge in [-0.3, -0.25) is 14.6 Å². The summed E-state index contributed by atoms with van der Waals surface area (Å²) >= 11 is 0. The third-order valence-corrected chi connectivity index (χ3v) is 4.83. The molecule has 2 aliphatic rings. The fourth-order valence-electron chi connectivity index (χ4n) is 3.33. The molecule has 2 heterocycles. The SMILES string of the molecule is CN1CCN(CN2C(=O)C(=Nc3ccccc3)c3ccccc32)CC1. The van der Waals surface area contributed by atoms with E-state index in [4.69, 9.17) is 0 Å². The third kappa shape index (κ3) is 3.21. The van der Waals surface area contributed by atoms with Crippen molar-refractivity contribution in [2.24, 2.45) is 4.99 Å². The van der Waals surface area contributed by atoms with Crippen molar-refractivity contribution in [3.63, 3.8) is 0 Å². The van der Waals surface area contributed by atoms with Crippen molar-refractivity contribution in [2.45, 2.75) is 0 Å². The highest BCUT2D eigenvalue weighted by Gasteiger charge is 2.34. The monoisotopic (exact) mass is 334 g/mol. The Bertz CT molecular complexity index is 794. The number of carbonyl (C=O) groups excluding carboxylic acids is 1. The van der Waals surface area contributed by atoms with Crippen LogP contribution in [0.2, 0.25) is 0 Å². The van der Waals surface area contributed by atoms with Gasteiger partial charge in [0.2, 0.25) is 0 Å². The van der Waals surface area contributed by atoms with E-state index in [9.17, 15) is 4.79 Å². The first-order valence-corrected chi connectivity index (χ1v) is 8.68. The van der Waals surface area contributed by atoms with Crippen LogP contribution in [0.5, 0.6) is 0 Å². The van der Waals surface area contributed by atoms with E-state index in [2.05, 4.69) is 21.8 Å². The van der Waals surface area contributed by atoms with Crippen LogP contribution < -0.4 is 4.90 Å². The summed E-state index contributed by atoms with van der Waals surface area (Å²) in [7, 11) is 2.14. The third-order valence-electron chi connectivity index (χ3n) is 4.83. The van der Waals surface area contributed by atoms with E-state index in [-0.39, 0.29) is 5.91 Å². The molecule has 0 aromatic heterocycles. The first-order valence-electron chi connectivity index (χ1n) is 8.68. The molecule has 4 rings (SSSR count). The Morgan fingerprint density at radius 1 is 0.920 bits per heavy atom. The van der Waals surface area contributed by atoms with E-state index in [1.54, 1.807) is 0 Å². The standard InChI is InChI=1S/C20H22N4O/c1-22-11-13-23(14-12-22)15-24-18-10-6-5-9-17(18)19(20(24)25)21-16-7-3-2-4-8-16/h2-10H,11-15H2,1H3. The van der Waals surface area contributed by atoms with Gasteiger partial charge in [-0.05, 0) is 25.2 Å². The second kappa shape index (κ2) is 6.78. The van der Waals surface area contributed by atoms with Crippen molar-refractivity contribution in [3.05, 3.63) is 60.2 Å². The van der Waals surface area contributed by atoms with Gasteiger partial charge in [-0.2, -0.15) is 0 Å². The number of para-hydroxylation sites is 2. The van der Waals surface area contributed by atoms with Crippen LogP contribution in [0.25, 0.3) is 0 Å². The lowest BCUT2D eigenvalue weighted by atomic mass is 10.1. The lowest BCUT2D eigenvalue weighted by molar-refractivity contribution is -0.112. The molecule has 128 valence electrons. The zero-order chi connectivity index (χ0) is 17.2. The van der Waals surface area contributed by atoms with Crippen LogP contribution >= 0.6 is 0 Å². The summed E-state index contributed by atoms with van der Waals surface area (Å²) < 4.78 is 0. The molecule has 5 nitrogen and oxygen atoms in total. The molecule has 0 atom stereocenters. The summed E-state index contributed by atoms with van der Waals surface area (Å²) in [6.45, 7) is 4.65. The van der Waals surface area contributed by atoms with Crippen LogP contribution in [0.1, 0.15) is 5.56 Å². The fourth-order valence-corrected chi connectivity index (χ4v) is 3.33. The highest BCUT2D eigenvalue weighted by molar-refractivity contribution is 6.54. The fraction of sp³-hybridized carbons (Fsp3) is 0.300. The molecular weight excluding hydrogens is 312 g/mol. The molecule has 0 N–H and O–H groups in total. The number of hydrogen-bond acceptors (Lipinski definition) is 4. The van der Waals surface area contributed by atoms with E-state index in [1.807, 2.05) is 59.5 Å². The van der Waals surface area contributed by atoms with Gasteiger partial charge in [0.25, 0.3) is 5.91 Å². The topological polar surface area (TPSA) is 39.1 Å². The Balaban J connectivity index is 1.63. The molecule has 2 aliphatic heterocycles. The number of aliphatic imine (C=N–C) groups is 1. The number of anilines is 1. The maximum Gasteiger partial charge on any atom is 0.278 e. The Hall–Kier alpha value is -2.50. The van der Waals surface area contributed by atoms with Gasteiger partial charge >= 0.3 is 0 Å². The van der Waals surface area contributed by atoms with Crippen LogP contribution in [0.3, 0.4) is 0 Å².